The topological polar surface area (TPSA) is 125 Å². The number of nitrogens with zero attached hydrogens (tertiary/aromatic N) is 4. The van der Waals surface area contributed by atoms with Gasteiger partial charge in [-0.3, -0.25) is 28.9 Å². The van der Waals surface area contributed by atoms with Crippen LogP contribution in [-0.4, -0.2) is 23.1 Å². The van der Waals surface area contributed by atoms with E-state index in [9.17, 15) is 29.7 Å². The first-order valence-corrected chi connectivity index (χ1v) is 18.4. The van der Waals surface area contributed by atoms with Crippen LogP contribution in [0.15, 0.2) is 59.7 Å². The van der Waals surface area contributed by atoms with Crippen LogP contribution >= 0.6 is 22.7 Å². The molecule has 10 heteroatoms. The zero-order valence-electron chi connectivity index (χ0n) is 29.0. The molecule has 2 heterocycles. The van der Waals surface area contributed by atoms with Crippen molar-refractivity contribution in [3.05, 3.63) is 148 Å². The van der Waals surface area contributed by atoms with Crippen LogP contribution in [0.2, 0.25) is 0 Å². The number of carbonyl (C=O) groups excluding carboxylic acids is 4. The molecule has 4 aliphatic rings. The van der Waals surface area contributed by atoms with Crippen LogP contribution in [0, 0.1) is 35.8 Å². The van der Waals surface area contributed by atoms with Crippen LogP contribution < -0.4 is 0 Å². The van der Waals surface area contributed by atoms with E-state index in [1.54, 1.807) is 12.2 Å². The number of Topliss-reactive ketones (excluding diaryl/α,β-unsaturated/α-hetero) is 4. The van der Waals surface area contributed by atoms with Crippen LogP contribution in [0.1, 0.15) is 112 Å². The number of hydrogen-bond donors (Lipinski definition) is 0. The second kappa shape index (κ2) is 10.9. The van der Waals surface area contributed by atoms with E-state index in [4.69, 9.17) is 13.1 Å². The molecule has 254 valence electrons. The van der Waals surface area contributed by atoms with E-state index >= 15 is 0 Å². The fourth-order valence-corrected chi connectivity index (χ4v) is 10.8. The van der Waals surface area contributed by atoms with Gasteiger partial charge in [-0.2, -0.15) is 10.5 Å². The summed E-state index contributed by atoms with van der Waals surface area (Å²) in [4.78, 5) is 63.9. The van der Waals surface area contributed by atoms with Gasteiger partial charge in [0.15, 0.2) is 34.5 Å². The average Bonchev–Trinajstić information content (AvgIpc) is 3.96. The third-order valence-corrected chi connectivity index (χ3v) is 13.4. The summed E-state index contributed by atoms with van der Waals surface area (Å²) < 4.78 is 0. The summed E-state index contributed by atoms with van der Waals surface area (Å²) in [6.45, 7) is 23.4. The van der Waals surface area contributed by atoms with Crippen molar-refractivity contribution < 1.29 is 19.2 Å². The number of allylic oxidation sites excluding steroid dienone is 2. The molecule has 0 bridgehead atoms. The van der Waals surface area contributed by atoms with Crippen molar-refractivity contribution in [3.8, 4) is 33.0 Å². The molecule has 0 atom stereocenters. The molecule has 9 rings (SSSR count). The lowest BCUT2D eigenvalue weighted by atomic mass is 9.79. The van der Waals surface area contributed by atoms with E-state index in [1.807, 2.05) is 24.3 Å². The Bertz CT molecular complexity index is 2700. The Balaban J connectivity index is 1.08. The van der Waals surface area contributed by atoms with Gasteiger partial charge in [0.05, 0.1) is 35.4 Å². The molecule has 4 aliphatic carbocycles. The lowest BCUT2D eigenvalue weighted by Gasteiger charge is -2.24. The van der Waals surface area contributed by atoms with Crippen molar-refractivity contribution in [1.82, 2.24) is 0 Å². The van der Waals surface area contributed by atoms with Gasteiger partial charge >= 0.3 is 0 Å². The Kier molecular flexibility index (Phi) is 6.64. The predicted molar refractivity (Wildman–Crippen MR) is 205 cm³/mol. The highest BCUT2D eigenvalue weighted by Crippen LogP contribution is 2.59. The van der Waals surface area contributed by atoms with E-state index < -0.39 is 34.0 Å². The fraction of sp³-hybridized carbons (Fsp3) is 0.136. The molecule has 0 fully saturated rings. The number of benzene rings is 3. The Hall–Kier alpha value is -6.82. The van der Waals surface area contributed by atoms with Crippen LogP contribution in [0.4, 0.5) is 11.4 Å². The van der Waals surface area contributed by atoms with Gasteiger partial charge < -0.3 is 0 Å². The molecule has 5 aromatic rings. The number of carbonyl (C=O) groups is 4. The van der Waals surface area contributed by atoms with E-state index in [0.29, 0.717) is 0 Å². The predicted octanol–water partition coefficient (Wildman–Crippen LogP) is 10.2. The number of nitriles is 2. The molecule has 54 heavy (non-hydrogen) atoms. The summed E-state index contributed by atoms with van der Waals surface area (Å²) in [5, 5.41) is 18.9. The number of fused-ring (bicyclic) bond motifs is 8. The highest BCUT2D eigenvalue weighted by Gasteiger charge is 2.44. The quantitative estimate of drug-likeness (QED) is 0.101. The van der Waals surface area contributed by atoms with Crippen LogP contribution in [0.25, 0.3) is 42.7 Å². The molecular weight excluding hydrogens is 713 g/mol. The Labute approximate surface area is 317 Å². The zero-order chi connectivity index (χ0) is 38.2. The summed E-state index contributed by atoms with van der Waals surface area (Å²) in [5.74, 6) is -1.81. The van der Waals surface area contributed by atoms with Crippen LogP contribution in [-0.2, 0) is 10.8 Å². The van der Waals surface area contributed by atoms with E-state index in [1.165, 1.54) is 46.9 Å². The number of thiophene rings is 2. The molecule has 0 saturated heterocycles. The third-order valence-electron chi connectivity index (χ3n) is 11.1. The summed E-state index contributed by atoms with van der Waals surface area (Å²) in [7, 11) is 0. The molecule has 8 nitrogen and oxygen atoms in total. The minimum atomic E-state index is -0.459. The minimum absolute atomic E-state index is 0.0124. The van der Waals surface area contributed by atoms with Gasteiger partial charge in [0.2, 0.25) is 0 Å². The maximum Gasteiger partial charge on any atom is 0.197 e. The summed E-state index contributed by atoms with van der Waals surface area (Å²) in [6, 6.07) is 17.8. The van der Waals surface area contributed by atoms with Crippen molar-refractivity contribution >= 4 is 69.3 Å². The second-order valence-electron chi connectivity index (χ2n) is 14.7. The van der Waals surface area contributed by atoms with Crippen molar-refractivity contribution in [2.24, 2.45) is 0 Å². The molecule has 0 spiro atoms. The molecule has 0 amide bonds. The number of rotatable bonds is 2. The lowest BCUT2D eigenvalue weighted by molar-refractivity contribution is 0.0975. The fourth-order valence-electron chi connectivity index (χ4n) is 8.22. The van der Waals surface area contributed by atoms with Gasteiger partial charge in [0.25, 0.3) is 0 Å². The van der Waals surface area contributed by atoms with Gasteiger partial charge in [-0.25, -0.2) is 0 Å². The van der Waals surface area contributed by atoms with Crippen molar-refractivity contribution in [3.63, 3.8) is 0 Å². The molecule has 0 N–H and O–H groups in total. The summed E-state index contributed by atoms with van der Waals surface area (Å²) in [6.07, 6.45) is 3.25. The maximum absolute atomic E-state index is 13.4. The number of ketones is 4. The molecule has 0 aliphatic heterocycles. The zero-order valence-corrected chi connectivity index (χ0v) is 30.6. The Morgan fingerprint density at radius 2 is 0.889 bits per heavy atom. The van der Waals surface area contributed by atoms with Crippen LogP contribution in [0.3, 0.4) is 0 Å². The van der Waals surface area contributed by atoms with Crippen molar-refractivity contribution in [1.29, 1.82) is 10.5 Å². The normalized spacial score (nSPS) is 16.1. The highest BCUT2D eigenvalue weighted by atomic mass is 32.1. The Morgan fingerprint density at radius 3 is 1.22 bits per heavy atom. The average molecular weight is 735 g/mol. The molecule has 0 unspecified atom stereocenters. The third kappa shape index (κ3) is 4.18. The maximum atomic E-state index is 13.4. The van der Waals surface area contributed by atoms with E-state index in [2.05, 4.69) is 49.5 Å². The first-order valence-electron chi connectivity index (χ1n) is 16.7. The minimum Gasteiger partial charge on any atom is -0.288 e. The monoisotopic (exact) mass is 734 g/mol. The molecule has 2 aromatic heterocycles. The van der Waals surface area contributed by atoms with Gasteiger partial charge in [0.1, 0.15) is 12.1 Å². The largest absolute Gasteiger partial charge is 0.288 e. The summed E-state index contributed by atoms with van der Waals surface area (Å²) in [5.41, 5.74) is 6.69. The standard InChI is InChI=1S/C44H22N4O4S2/c1-43(2)31-14-28-32(13-27(31)41-33(43)11-21(53-41)9-29-37(49)23-7-19(17-45)20(18-46)8-24(23)38(29)50)44(3,4)34-12-22(54-42(28)34)10-30-39(51)25-15-35(47-5)36(48-6)16-26(25)40(30)52/h7-16H,1-4H3. The molecule has 0 saturated carbocycles. The van der Waals surface area contributed by atoms with E-state index in [-0.39, 0.29) is 55.9 Å². The lowest BCUT2D eigenvalue weighted by Crippen LogP contribution is -2.17. The van der Waals surface area contributed by atoms with Crippen LogP contribution in [0.5, 0.6) is 0 Å². The molecular formula is C44H22N4O4S2. The van der Waals surface area contributed by atoms with Gasteiger partial charge in [-0.05, 0) is 81.9 Å². The van der Waals surface area contributed by atoms with Crippen molar-refractivity contribution in [2.75, 3.05) is 0 Å². The first kappa shape index (κ1) is 33.0. The van der Waals surface area contributed by atoms with Crippen molar-refractivity contribution in [2.45, 2.75) is 38.5 Å². The second-order valence-corrected chi connectivity index (χ2v) is 16.9. The smallest absolute Gasteiger partial charge is 0.197 e. The van der Waals surface area contributed by atoms with Gasteiger partial charge in [-0.15, -0.1) is 22.7 Å². The summed E-state index contributed by atoms with van der Waals surface area (Å²) >= 11 is 3.04. The molecule has 3 aromatic carbocycles. The Morgan fingerprint density at radius 1 is 0.537 bits per heavy atom. The van der Waals surface area contributed by atoms with Gasteiger partial charge in [-0.1, -0.05) is 39.8 Å². The van der Waals surface area contributed by atoms with E-state index in [0.717, 1.165) is 52.9 Å². The SMILES string of the molecule is [C-]#[N+]c1cc2c(cc1[N+]#[C-])C(=O)C(=Cc1cc3c(s1)-c1cc4c(cc1C3(C)C)-c1sc(C=C3C(=O)c5cc(C#N)c(C#N)cc5C3=O)cc1C4(C)C)C2=O. The highest BCUT2D eigenvalue weighted by molar-refractivity contribution is 7.17. The molecule has 0 radical (unpaired) electrons. The van der Waals surface area contributed by atoms with Gasteiger partial charge in [0, 0.05) is 52.6 Å². The first-order chi connectivity index (χ1) is 25.7. The number of hydrogen-bond acceptors (Lipinski definition) is 8.